The Hall–Kier alpha value is -2.10. The van der Waals surface area contributed by atoms with Gasteiger partial charge in [-0.2, -0.15) is 10.4 Å². The molecule has 1 aliphatic heterocycles. The Morgan fingerprint density at radius 2 is 2.26 bits per heavy atom. The third kappa shape index (κ3) is 5.38. The van der Waals surface area contributed by atoms with E-state index >= 15 is 0 Å². The van der Waals surface area contributed by atoms with Crippen molar-refractivity contribution >= 4 is 18.2 Å². The highest BCUT2D eigenvalue weighted by Gasteiger charge is 2.22. The zero-order chi connectivity index (χ0) is 14.5. The highest BCUT2D eigenvalue weighted by molar-refractivity contribution is 5.83. The number of carbonyl (C=O) groups is 2. The minimum absolute atomic E-state index is 0.204. The fourth-order valence-corrected chi connectivity index (χ4v) is 1.42. The van der Waals surface area contributed by atoms with Crippen LogP contribution in [0.15, 0.2) is 5.10 Å². The van der Waals surface area contributed by atoms with Crippen molar-refractivity contribution in [3.8, 4) is 6.07 Å². The van der Waals surface area contributed by atoms with E-state index in [-0.39, 0.29) is 24.9 Å². The molecule has 0 aromatic carbocycles. The lowest BCUT2D eigenvalue weighted by molar-refractivity contribution is -0.130. The lowest BCUT2D eigenvalue weighted by atomic mass is 10.1. The molecule has 19 heavy (non-hydrogen) atoms. The van der Waals surface area contributed by atoms with Crippen LogP contribution in [0.1, 0.15) is 27.2 Å². The number of ether oxygens (including phenoxy) is 1. The molecule has 2 amide bonds. The molecule has 0 fully saturated rings. The van der Waals surface area contributed by atoms with Crippen LogP contribution in [-0.2, 0) is 9.53 Å². The van der Waals surface area contributed by atoms with E-state index in [0.29, 0.717) is 6.42 Å². The molecule has 7 heteroatoms. The summed E-state index contributed by atoms with van der Waals surface area (Å²) in [6, 6.07) is 2.09. The monoisotopic (exact) mass is 266 g/mol. The molecule has 1 unspecified atom stereocenters. The summed E-state index contributed by atoms with van der Waals surface area (Å²) in [5.41, 5.74) is -0.609. The predicted octanol–water partition coefficient (Wildman–Crippen LogP) is 0.869. The largest absolute Gasteiger partial charge is 0.444 e. The zero-order valence-electron chi connectivity index (χ0n) is 11.3. The van der Waals surface area contributed by atoms with Gasteiger partial charge in [-0.1, -0.05) is 0 Å². The van der Waals surface area contributed by atoms with Crippen molar-refractivity contribution in [1.82, 2.24) is 10.3 Å². The van der Waals surface area contributed by atoms with Gasteiger partial charge in [0.15, 0.2) is 0 Å². The summed E-state index contributed by atoms with van der Waals surface area (Å²) in [5.74, 6) is -0.620. The van der Waals surface area contributed by atoms with E-state index in [1.165, 1.54) is 11.2 Å². The van der Waals surface area contributed by atoms with Gasteiger partial charge in [-0.05, 0) is 20.8 Å². The summed E-state index contributed by atoms with van der Waals surface area (Å²) in [6.45, 7) is 5.26. The summed E-state index contributed by atoms with van der Waals surface area (Å²) in [4.78, 5) is 23.1. The number of alkyl carbamates (subject to hydrolysis) is 1. The fourth-order valence-electron chi connectivity index (χ4n) is 1.42. The lowest BCUT2D eigenvalue weighted by Gasteiger charge is -2.23. The normalized spacial score (nSPS) is 18.6. The Bertz CT molecular complexity index is 420. The van der Waals surface area contributed by atoms with Crippen LogP contribution in [0.3, 0.4) is 0 Å². The average molecular weight is 266 g/mol. The molecular weight excluding hydrogens is 248 g/mol. The molecule has 0 bridgehead atoms. The number of nitriles is 1. The third-order valence-electron chi connectivity index (χ3n) is 2.26. The zero-order valence-corrected chi connectivity index (χ0v) is 11.3. The smallest absolute Gasteiger partial charge is 0.408 e. The van der Waals surface area contributed by atoms with Gasteiger partial charge in [-0.25, -0.2) is 9.80 Å². The van der Waals surface area contributed by atoms with Crippen LogP contribution in [-0.4, -0.2) is 41.9 Å². The Kier molecular flexibility index (Phi) is 4.87. The Labute approximate surface area is 112 Å². The van der Waals surface area contributed by atoms with Crippen molar-refractivity contribution < 1.29 is 14.3 Å². The molecule has 1 N–H and O–H groups in total. The van der Waals surface area contributed by atoms with Gasteiger partial charge >= 0.3 is 6.09 Å². The first kappa shape index (κ1) is 15.0. The van der Waals surface area contributed by atoms with Crippen molar-refractivity contribution in [2.24, 2.45) is 11.0 Å². The second-order valence-electron chi connectivity index (χ2n) is 5.19. The number of nitrogens with one attached hydrogen (secondary N) is 1. The quantitative estimate of drug-likeness (QED) is 0.802. The molecule has 7 nitrogen and oxygen atoms in total. The number of hydrazone groups is 1. The Morgan fingerprint density at radius 3 is 2.84 bits per heavy atom. The van der Waals surface area contributed by atoms with Crippen molar-refractivity contribution in [2.75, 3.05) is 13.1 Å². The molecule has 0 saturated carbocycles. The first-order valence-electron chi connectivity index (χ1n) is 6.01. The molecule has 1 heterocycles. The summed E-state index contributed by atoms with van der Waals surface area (Å²) < 4.78 is 5.01. The van der Waals surface area contributed by atoms with Crippen LogP contribution in [0.2, 0.25) is 0 Å². The summed E-state index contributed by atoms with van der Waals surface area (Å²) in [6.07, 6.45) is 1.42. The number of carbonyl (C=O) groups excluding carboxylic acids is 2. The molecule has 0 aromatic rings. The molecule has 0 spiro atoms. The second kappa shape index (κ2) is 6.18. The molecule has 0 aliphatic carbocycles. The molecule has 104 valence electrons. The second-order valence-corrected chi connectivity index (χ2v) is 5.19. The molecule has 1 aliphatic rings. The number of amides is 2. The van der Waals surface area contributed by atoms with E-state index in [2.05, 4.69) is 16.5 Å². The molecule has 0 radical (unpaired) electrons. The number of nitrogens with zero attached hydrogens (tertiary/aromatic N) is 3. The molecule has 0 aromatic heterocycles. The maximum atomic E-state index is 11.8. The predicted molar refractivity (Wildman–Crippen MR) is 68.2 cm³/mol. The molecule has 0 saturated heterocycles. The standard InChI is InChI=1S/C12H18N4O3/c1-12(2,3)19-11(18)14-7-10(17)16-8-9(6-13)4-5-15-16/h5,9H,4,7-8H2,1-3H3,(H,14,18). The molecule has 1 atom stereocenters. The molecular formula is C12H18N4O3. The van der Waals surface area contributed by atoms with Gasteiger partial charge in [0.1, 0.15) is 12.1 Å². The van der Waals surface area contributed by atoms with Gasteiger partial charge in [-0.3, -0.25) is 4.79 Å². The van der Waals surface area contributed by atoms with Gasteiger partial charge in [0.25, 0.3) is 5.91 Å². The first-order chi connectivity index (χ1) is 8.81. The summed E-state index contributed by atoms with van der Waals surface area (Å²) in [7, 11) is 0. The minimum Gasteiger partial charge on any atom is -0.444 e. The van der Waals surface area contributed by atoms with Crippen molar-refractivity contribution in [3.63, 3.8) is 0 Å². The minimum atomic E-state index is -0.654. The van der Waals surface area contributed by atoms with E-state index in [4.69, 9.17) is 10.00 Å². The summed E-state index contributed by atoms with van der Waals surface area (Å²) >= 11 is 0. The van der Waals surface area contributed by atoms with E-state index in [9.17, 15) is 9.59 Å². The van der Waals surface area contributed by atoms with Gasteiger partial charge < -0.3 is 10.1 Å². The third-order valence-corrected chi connectivity index (χ3v) is 2.26. The Morgan fingerprint density at radius 1 is 1.58 bits per heavy atom. The maximum absolute atomic E-state index is 11.8. The Balaban J connectivity index is 2.40. The van der Waals surface area contributed by atoms with E-state index in [0.717, 1.165) is 0 Å². The average Bonchev–Trinajstić information content (AvgIpc) is 2.34. The summed E-state index contributed by atoms with van der Waals surface area (Å²) in [5, 5.41) is 16.2. The van der Waals surface area contributed by atoms with Crippen LogP contribution in [0.4, 0.5) is 4.79 Å². The van der Waals surface area contributed by atoms with Gasteiger partial charge in [0.2, 0.25) is 0 Å². The SMILES string of the molecule is CC(C)(C)OC(=O)NCC(=O)N1CC(C#N)CC=N1. The van der Waals surface area contributed by atoms with Gasteiger partial charge in [0, 0.05) is 12.6 Å². The first-order valence-corrected chi connectivity index (χ1v) is 6.01. The highest BCUT2D eigenvalue weighted by atomic mass is 16.6. The van der Waals surface area contributed by atoms with Crippen LogP contribution < -0.4 is 5.32 Å². The van der Waals surface area contributed by atoms with E-state index in [1.54, 1.807) is 20.8 Å². The fraction of sp³-hybridized carbons (Fsp3) is 0.667. The maximum Gasteiger partial charge on any atom is 0.408 e. The van der Waals surface area contributed by atoms with Gasteiger partial charge in [-0.15, -0.1) is 0 Å². The topological polar surface area (TPSA) is 94.8 Å². The van der Waals surface area contributed by atoms with Crippen molar-refractivity contribution in [3.05, 3.63) is 0 Å². The van der Waals surface area contributed by atoms with Crippen molar-refractivity contribution in [1.29, 1.82) is 5.26 Å². The highest BCUT2D eigenvalue weighted by Crippen LogP contribution is 2.10. The number of rotatable bonds is 2. The van der Waals surface area contributed by atoms with Crippen LogP contribution >= 0.6 is 0 Å². The van der Waals surface area contributed by atoms with Crippen LogP contribution in [0, 0.1) is 17.2 Å². The number of hydrogen-bond acceptors (Lipinski definition) is 5. The lowest BCUT2D eigenvalue weighted by Crippen LogP contribution is -2.42. The van der Waals surface area contributed by atoms with Crippen molar-refractivity contribution in [2.45, 2.75) is 32.8 Å². The molecule has 1 rings (SSSR count). The number of hydrogen-bond donors (Lipinski definition) is 1. The van der Waals surface area contributed by atoms with Crippen LogP contribution in [0.25, 0.3) is 0 Å². The van der Waals surface area contributed by atoms with E-state index < -0.39 is 11.7 Å². The van der Waals surface area contributed by atoms with Gasteiger partial charge in [0.05, 0.1) is 18.5 Å². The van der Waals surface area contributed by atoms with E-state index in [1.807, 2.05) is 0 Å². The van der Waals surface area contributed by atoms with Crippen LogP contribution in [0.5, 0.6) is 0 Å².